The monoisotopic (exact) mass is 394 g/mol. The van der Waals surface area contributed by atoms with E-state index in [1.54, 1.807) is 10.8 Å². The number of H-pyrrole nitrogens is 1. The van der Waals surface area contributed by atoms with E-state index in [9.17, 15) is 15.0 Å². The highest BCUT2D eigenvalue weighted by atomic mass is 16.5. The van der Waals surface area contributed by atoms with E-state index in [0.717, 1.165) is 5.39 Å². The number of aliphatic hydroxyl groups excluding tert-OH is 2. The predicted molar refractivity (Wildman–Crippen MR) is 105 cm³/mol. The highest BCUT2D eigenvalue weighted by molar-refractivity contribution is 5.93. The lowest BCUT2D eigenvalue weighted by molar-refractivity contribution is -0.0426. The third kappa shape index (κ3) is 2.77. The Kier molecular flexibility index (Phi) is 4.05. The number of hydrogen-bond donors (Lipinski definition) is 4. The van der Waals surface area contributed by atoms with Crippen LogP contribution < -0.4 is 11.3 Å². The highest BCUT2D eigenvalue weighted by Gasteiger charge is 2.37. The van der Waals surface area contributed by atoms with E-state index in [0.29, 0.717) is 16.9 Å². The minimum atomic E-state index is -0.861. The van der Waals surface area contributed by atoms with Crippen LogP contribution in [0.5, 0.6) is 0 Å². The molecule has 0 unspecified atom stereocenters. The maximum Gasteiger partial charge on any atom is 0.280 e. The molecule has 0 amide bonds. The summed E-state index contributed by atoms with van der Waals surface area (Å²) in [5.41, 5.74) is 7.02. The van der Waals surface area contributed by atoms with Gasteiger partial charge >= 0.3 is 0 Å². The molecule has 0 radical (unpaired) electrons. The van der Waals surface area contributed by atoms with Gasteiger partial charge in [0.1, 0.15) is 18.2 Å². The molecule has 1 fully saturated rings. The molecule has 3 aromatic heterocycles. The zero-order valence-corrected chi connectivity index (χ0v) is 15.2. The summed E-state index contributed by atoms with van der Waals surface area (Å²) in [4.78, 5) is 28.2. The number of nitrogens with one attached hydrogen (secondary N) is 1. The third-order valence-corrected chi connectivity index (χ3v) is 5.11. The molecule has 0 bridgehead atoms. The molecule has 3 atom stereocenters. The molecular weight excluding hydrogens is 376 g/mol. The number of anilines is 1. The van der Waals surface area contributed by atoms with Crippen molar-refractivity contribution in [3.8, 4) is 11.4 Å². The van der Waals surface area contributed by atoms with E-state index in [1.165, 1.54) is 0 Å². The first kappa shape index (κ1) is 17.7. The van der Waals surface area contributed by atoms with Gasteiger partial charge < -0.3 is 20.7 Å². The number of nitrogens with zero attached hydrogens (tertiary/aromatic N) is 4. The molecule has 1 aromatic carbocycles. The molecule has 0 saturated carbocycles. The van der Waals surface area contributed by atoms with Crippen molar-refractivity contribution in [2.45, 2.75) is 24.9 Å². The number of aromatic amines is 1. The number of ether oxygens (including phenoxy) is 1. The smallest absolute Gasteiger partial charge is 0.280 e. The molecule has 4 heterocycles. The predicted octanol–water partition coefficient (Wildman–Crippen LogP) is 0.558. The fourth-order valence-electron chi connectivity index (χ4n) is 3.79. The maximum atomic E-state index is 12.5. The Morgan fingerprint density at radius 2 is 2.07 bits per heavy atom. The molecule has 0 spiro atoms. The molecule has 1 aliphatic rings. The fraction of sp³-hybridized carbons (Fsp3) is 0.263. The average Bonchev–Trinajstić information content (AvgIpc) is 3.27. The Bertz CT molecular complexity index is 1280. The lowest BCUT2D eigenvalue weighted by Crippen LogP contribution is -2.24. The van der Waals surface area contributed by atoms with Gasteiger partial charge in [0, 0.05) is 23.6 Å². The number of aliphatic hydroxyl groups is 2. The van der Waals surface area contributed by atoms with Crippen LogP contribution >= 0.6 is 0 Å². The normalized spacial score (nSPS) is 21.9. The van der Waals surface area contributed by atoms with Gasteiger partial charge in [0.2, 0.25) is 5.95 Å². The van der Waals surface area contributed by atoms with Gasteiger partial charge in [-0.1, -0.05) is 18.2 Å². The lowest BCUT2D eigenvalue weighted by atomic mass is 10.1. The van der Waals surface area contributed by atoms with Gasteiger partial charge in [-0.25, -0.2) is 4.98 Å². The van der Waals surface area contributed by atoms with Gasteiger partial charge in [-0.15, -0.1) is 0 Å². The van der Waals surface area contributed by atoms with Gasteiger partial charge in [0.25, 0.3) is 5.56 Å². The second-order valence-electron chi connectivity index (χ2n) is 6.92. The van der Waals surface area contributed by atoms with Crippen LogP contribution in [0.15, 0.2) is 41.3 Å². The van der Waals surface area contributed by atoms with Crippen molar-refractivity contribution < 1.29 is 14.9 Å². The average molecular weight is 394 g/mol. The van der Waals surface area contributed by atoms with Crippen LogP contribution in [0.1, 0.15) is 12.6 Å². The summed E-state index contributed by atoms with van der Waals surface area (Å²) in [7, 11) is 0. The molecule has 1 saturated heterocycles. The van der Waals surface area contributed by atoms with Crippen molar-refractivity contribution in [3.05, 3.63) is 46.9 Å². The van der Waals surface area contributed by atoms with E-state index in [-0.39, 0.29) is 30.1 Å². The summed E-state index contributed by atoms with van der Waals surface area (Å²) >= 11 is 0. The first-order chi connectivity index (χ1) is 14.1. The summed E-state index contributed by atoms with van der Waals surface area (Å²) in [6.07, 6.45) is -0.402. The largest absolute Gasteiger partial charge is 0.394 e. The zero-order valence-electron chi connectivity index (χ0n) is 15.2. The maximum absolute atomic E-state index is 12.5. The fourth-order valence-corrected chi connectivity index (χ4v) is 3.79. The minimum absolute atomic E-state index is 0.0523. The number of fused-ring (bicyclic) bond motifs is 2. The number of benzene rings is 1. The molecule has 5 rings (SSSR count). The second kappa shape index (κ2) is 6.62. The molecular formula is C19H18N6O4. The number of para-hydroxylation sites is 1. The molecule has 10 heteroatoms. The number of imidazole rings is 1. The molecule has 5 N–H and O–H groups in total. The molecule has 4 aromatic rings. The van der Waals surface area contributed by atoms with Crippen LogP contribution in [-0.4, -0.2) is 53.5 Å². The van der Waals surface area contributed by atoms with Gasteiger partial charge in [-0.05, 0) is 12.1 Å². The number of aromatic nitrogens is 5. The summed E-state index contributed by atoms with van der Waals surface area (Å²) in [5.74, 6) is 0.368. The van der Waals surface area contributed by atoms with E-state index in [2.05, 4.69) is 19.9 Å². The second-order valence-corrected chi connectivity index (χ2v) is 6.92. The van der Waals surface area contributed by atoms with Crippen molar-refractivity contribution in [3.63, 3.8) is 0 Å². The van der Waals surface area contributed by atoms with Gasteiger partial charge in [-0.3, -0.25) is 19.3 Å². The Morgan fingerprint density at radius 1 is 1.24 bits per heavy atom. The van der Waals surface area contributed by atoms with Crippen molar-refractivity contribution in [1.29, 1.82) is 0 Å². The SMILES string of the molecule is Nc1nc2c(nc(-c3cccc4cccnc34)n2[C@H]2C[C@H](O)[C@@H](CO)O2)c(=O)[nH]1. The van der Waals surface area contributed by atoms with E-state index < -0.39 is 24.0 Å². The minimum Gasteiger partial charge on any atom is -0.394 e. The quantitative estimate of drug-likeness (QED) is 0.393. The van der Waals surface area contributed by atoms with Gasteiger partial charge in [-0.2, -0.15) is 4.98 Å². The molecule has 148 valence electrons. The van der Waals surface area contributed by atoms with Crippen molar-refractivity contribution in [2.75, 3.05) is 12.3 Å². The van der Waals surface area contributed by atoms with Crippen molar-refractivity contribution in [1.82, 2.24) is 24.5 Å². The number of nitrogens with two attached hydrogens (primary N) is 1. The number of rotatable bonds is 3. The number of pyridine rings is 1. The molecule has 29 heavy (non-hydrogen) atoms. The summed E-state index contributed by atoms with van der Waals surface area (Å²) in [6, 6.07) is 9.42. The molecule has 1 aliphatic heterocycles. The summed E-state index contributed by atoms with van der Waals surface area (Å²) in [6.45, 7) is -0.328. The zero-order chi connectivity index (χ0) is 20.1. The third-order valence-electron chi connectivity index (χ3n) is 5.11. The first-order valence-electron chi connectivity index (χ1n) is 9.13. The molecule has 10 nitrogen and oxygen atoms in total. The van der Waals surface area contributed by atoms with E-state index >= 15 is 0 Å². The number of hydrogen-bond acceptors (Lipinski definition) is 8. The van der Waals surface area contributed by atoms with Crippen LogP contribution in [0.3, 0.4) is 0 Å². The van der Waals surface area contributed by atoms with Crippen LogP contribution in [0, 0.1) is 0 Å². The first-order valence-corrected chi connectivity index (χ1v) is 9.13. The van der Waals surface area contributed by atoms with Gasteiger partial charge in [0.05, 0.1) is 18.2 Å². The van der Waals surface area contributed by atoms with Crippen molar-refractivity contribution in [2.24, 2.45) is 0 Å². The van der Waals surface area contributed by atoms with E-state index in [4.69, 9.17) is 10.5 Å². The standard InChI is InChI=1S/C19H18N6O4/c20-19-23-17-15(18(28)24-19)22-16(25(17)13-7-11(27)12(8-26)29-13)10-5-1-3-9-4-2-6-21-14(9)10/h1-6,11-13,26-27H,7-8H2,(H3,20,23,24,28)/t11-,12+,13+/m0/s1. The topological polar surface area (TPSA) is 152 Å². The Hall–Kier alpha value is -3.34. The van der Waals surface area contributed by atoms with Crippen LogP contribution in [0.2, 0.25) is 0 Å². The van der Waals surface area contributed by atoms with Crippen LogP contribution in [-0.2, 0) is 4.74 Å². The van der Waals surface area contributed by atoms with E-state index in [1.807, 2.05) is 30.3 Å². The lowest BCUT2D eigenvalue weighted by Gasteiger charge is -2.17. The summed E-state index contributed by atoms with van der Waals surface area (Å²) < 4.78 is 7.48. The van der Waals surface area contributed by atoms with Crippen LogP contribution in [0.25, 0.3) is 33.5 Å². The molecule has 0 aliphatic carbocycles. The van der Waals surface area contributed by atoms with Crippen molar-refractivity contribution >= 4 is 28.0 Å². The van der Waals surface area contributed by atoms with Gasteiger partial charge in [0.15, 0.2) is 11.2 Å². The highest BCUT2D eigenvalue weighted by Crippen LogP contribution is 2.36. The summed E-state index contributed by atoms with van der Waals surface area (Å²) in [5, 5.41) is 20.6. The Balaban J connectivity index is 1.82. The Morgan fingerprint density at radius 3 is 2.86 bits per heavy atom. The number of nitrogen functional groups attached to an aromatic ring is 1. The Labute approximate surface area is 163 Å². The van der Waals surface area contributed by atoms with Crippen LogP contribution in [0.4, 0.5) is 5.95 Å².